The molecule has 0 radical (unpaired) electrons. The van der Waals surface area contributed by atoms with Crippen molar-refractivity contribution in [3.63, 3.8) is 0 Å². The van der Waals surface area contributed by atoms with Crippen molar-refractivity contribution in [3.05, 3.63) is 57.8 Å². The minimum Gasteiger partial charge on any atom is -0.276 e. The molecule has 21 heavy (non-hydrogen) atoms. The Balaban J connectivity index is 2.50. The molecule has 0 bridgehead atoms. The molecule has 0 atom stereocenters. The Morgan fingerprint density at radius 3 is 2.43 bits per heavy atom. The lowest BCUT2D eigenvalue weighted by atomic mass is 10.2. The van der Waals surface area contributed by atoms with Gasteiger partial charge in [0.2, 0.25) is 0 Å². The molecule has 1 N–H and O–H groups in total. The summed E-state index contributed by atoms with van der Waals surface area (Å²) in [5, 5.41) is 0. The number of sulfonamides is 1. The summed E-state index contributed by atoms with van der Waals surface area (Å²) in [7, 11) is -4.18. The van der Waals surface area contributed by atoms with Crippen molar-refractivity contribution in [2.75, 3.05) is 4.72 Å². The van der Waals surface area contributed by atoms with Crippen molar-refractivity contribution in [3.8, 4) is 0 Å². The molecule has 0 unspecified atom stereocenters. The molecule has 0 aliphatic carbocycles. The molecule has 0 saturated carbocycles. The van der Waals surface area contributed by atoms with Crippen LogP contribution in [0.4, 0.5) is 18.9 Å². The Morgan fingerprint density at radius 1 is 1.10 bits per heavy atom. The Morgan fingerprint density at radius 2 is 1.76 bits per heavy atom. The highest BCUT2D eigenvalue weighted by molar-refractivity contribution is 9.10. The van der Waals surface area contributed by atoms with Crippen molar-refractivity contribution in [2.24, 2.45) is 0 Å². The van der Waals surface area contributed by atoms with Gasteiger partial charge < -0.3 is 0 Å². The monoisotopic (exact) mass is 379 g/mol. The van der Waals surface area contributed by atoms with Crippen LogP contribution in [0.5, 0.6) is 0 Å². The fraction of sp³-hybridized carbons (Fsp3) is 0.0769. The Hall–Kier alpha value is -1.54. The van der Waals surface area contributed by atoms with Gasteiger partial charge in [-0.1, -0.05) is 22.0 Å². The summed E-state index contributed by atoms with van der Waals surface area (Å²) >= 11 is 3.13. The summed E-state index contributed by atoms with van der Waals surface area (Å²) in [6, 6.07) is 5.39. The van der Waals surface area contributed by atoms with E-state index in [1.807, 2.05) is 4.72 Å². The topological polar surface area (TPSA) is 46.2 Å². The number of hydrogen-bond donors (Lipinski definition) is 1. The molecule has 0 heterocycles. The molecule has 0 fully saturated rings. The summed E-state index contributed by atoms with van der Waals surface area (Å²) in [6.45, 7) is 1.55. The molecule has 0 amide bonds. The lowest BCUT2D eigenvalue weighted by Crippen LogP contribution is -2.16. The predicted molar refractivity (Wildman–Crippen MR) is 76.0 cm³/mol. The van der Waals surface area contributed by atoms with Gasteiger partial charge in [-0.25, -0.2) is 21.6 Å². The maximum atomic E-state index is 13.5. The van der Waals surface area contributed by atoms with E-state index < -0.39 is 33.2 Å². The molecule has 0 aliphatic heterocycles. The maximum Gasteiger partial charge on any atom is 0.262 e. The van der Waals surface area contributed by atoms with Gasteiger partial charge in [0.25, 0.3) is 10.0 Å². The third kappa shape index (κ3) is 3.38. The van der Waals surface area contributed by atoms with E-state index in [4.69, 9.17) is 0 Å². The Labute approximate surface area is 128 Å². The molecule has 8 heteroatoms. The molecule has 112 valence electrons. The first kappa shape index (κ1) is 15.8. The van der Waals surface area contributed by atoms with Gasteiger partial charge in [-0.2, -0.15) is 0 Å². The predicted octanol–water partition coefficient (Wildman–Crippen LogP) is 3.98. The van der Waals surface area contributed by atoms with Crippen LogP contribution >= 0.6 is 15.9 Å². The van der Waals surface area contributed by atoms with Crippen LogP contribution in [0, 0.1) is 24.4 Å². The number of nitrogens with one attached hydrogen (secondary N) is 1. The van der Waals surface area contributed by atoms with Crippen molar-refractivity contribution in [2.45, 2.75) is 11.8 Å². The van der Waals surface area contributed by atoms with Gasteiger partial charge in [0.15, 0.2) is 11.6 Å². The molecule has 0 aliphatic rings. The SMILES string of the molecule is Cc1ccc(Br)cc1S(=O)(=O)Nc1cc(F)cc(F)c1F. The van der Waals surface area contributed by atoms with E-state index in [2.05, 4.69) is 15.9 Å². The number of halogens is 4. The molecular formula is C13H9BrF3NO2S. The summed E-state index contributed by atoms with van der Waals surface area (Å²) in [4.78, 5) is -0.124. The van der Waals surface area contributed by atoms with Gasteiger partial charge >= 0.3 is 0 Å². The standard InChI is InChI=1S/C13H9BrF3NO2S/c1-7-2-3-8(14)4-12(7)21(19,20)18-11-6-9(15)5-10(16)13(11)17/h2-6,18H,1H3. The molecule has 0 aromatic heterocycles. The highest BCUT2D eigenvalue weighted by Crippen LogP contribution is 2.25. The van der Waals surface area contributed by atoms with Crippen LogP contribution in [-0.2, 0) is 10.0 Å². The van der Waals surface area contributed by atoms with E-state index >= 15 is 0 Å². The van der Waals surface area contributed by atoms with Crippen LogP contribution in [0.2, 0.25) is 0 Å². The molecule has 2 rings (SSSR count). The fourth-order valence-electron chi connectivity index (χ4n) is 1.69. The zero-order valence-electron chi connectivity index (χ0n) is 10.6. The second-order valence-corrected chi connectivity index (χ2v) is 6.83. The van der Waals surface area contributed by atoms with Gasteiger partial charge in [0, 0.05) is 16.6 Å². The van der Waals surface area contributed by atoms with E-state index in [1.54, 1.807) is 19.1 Å². The van der Waals surface area contributed by atoms with E-state index in [0.29, 0.717) is 22.2 Å². The van der Waals surface area contributed by atoms with Crippen LogP contribution in [0.25, 0.3) is 0 Å². The zero-order chi connectivity index (χ0) is 15.8. The number of anilines is 1. The first-order valence-electron chi connectivity index (χ1n) is 5.64. The highest BCUT2D eigenvalue weighted by Gasteiger charge is 2.21. The van der Waals surface area contributed by atoms with Gasteiger partial charge in [0.05, 0.1) is 10.6 Å². The average molecular weight is 380 g/mol. The van der Waals surface area contributed by atoms with Gasteiger partial charge in [-0.05, 0) is 24.6 Å². The Bertz CT molecular complexity index is 809. The van der Waals surface area contributed by atoms with Crippen molar-refractivity contribution in [1.29, 1.82) is 0 Å². The van der Waals surface area contributed by atoms with E-state index in [9.17, 15) is 21.6 Å². The smallest absolute Gasteiger partial charge is 0.262 e. The molecule has 2 aromatic carbocycles. The van der Waals surface area contributed by atoms with Crippen molar-refractivity contribution in [1.82, 2.24) is 0 Å². The Kier molecular flexibility index (Phi) is 4.29. The van der Waals surface area contributed by atoms with Gasteiger partial charge in [-0.3, -0.25) is 4.72 Å². The van der Waals surface area contributed by atoms with Crippen LogP contribution in [0.15, 0.2) is 39.7 Å². The molecule has 2 aromatic rings. The van der Waals surface area contributed by atoms with E-state index in [-0.39, 0.29) is 4.90 Å². The fourth-order valence-corrected chi connectivity index (χ4v) is 3.53. The molecule has 0 spiro atoms. The quantitative estimate of drug-likeness (QED) is 0.819. The number of benzene rings is 2. The van der Waals surface area contributed by atoms with Crippen LogP contribution in [0.3, 0.4) is 0 Å². The van der Waals surface area contributed by atoms with Gasteiger partial charge in [0.1, 0.15) is 5.82 Å². The number of aryl methyl sites for hydroxylation is 1. The van der Waals surface area contributed by atoms with E-state index in [1.165, 1.54) is 6.07 Å². The van der Waals surface area contributed by atoms with E-state index in [0.717, 1.165) is 0 Å². The van der Waals surface area contributed by atoms with Crippen molar-refractivity contribution >= 4 is 31.6 Å². The zero-order valence-corrected chi connectivity index (χ0v) is 13.0. The van der Waals surface area contributed by atoms with Crippen molar-refractivity contribution < 1.29 is 21.6 Å². The lowest BCUT2D eigenvalue weighted by molar-refractivity contribution is 0.498. The summed E-state index contributed by atoms with van der Waals surface area (Å²) < 4.78 is 66.5. The largest absolute Gasteiger partial charge is 0.276 e. The minimum absolute atomic E-state index is 0.124. The normalized spacial score (nSPS) is 11.5. The highest BCUT2D eigenvalue weighted by atomic mass is 79.9. The second kappa shape index (κ2) is 5.69. The summed E-state index contributed by atoms with van der Waals surface area (Å²) in [6.07, 6.45) is 0. The van der Waals surface area contributed by atoms with Crippen LogP contribution in [0.1, 0.15) is 5.56 Å². The number of rotatable bonds is 3. The lowest BCUT2D eigenvalue weighted by Gasteiger charge is -2.12. The van der Waals surface area contributed by atoms with Gasteiger partial charge in [-0.15, -0.1) is 0 Å². The minimum atomic E-state index is -4.18. The maximum absolute atomic E-state index is 13.5. The second-order valence-electron chi connectivity index (χ2n) is 4.26. The summed E-state index contributed by atoms with van der Waals surface area (Å²) in [5.41, 5.74) is -0.380. The first-order valence-corrected chi connectivity index (χ1v) is 7.92. The third-order valence-electron chi connectivity index (χ3n) is 2.68. The first-order chi connectivity index (χ1) is 9.70. The molecular weight excluding hydrogens is 371 g/mol. The molecule has 3 nitrogen and oxygen atoms in total. The molecule has 0 saturated heterocycles. The average Bonchev–Trinajstić information content (AvgIpc) is 2.37. The number of hydrogen-bond acceptors (Lipinski definition) is 2. The summed E-state index contributed by atoms with van der Waals surface area (Å²) in [5.74, 6) is -4.02. The van der Waals surface area contributed by atoms with Crippen LogP contribution in [-0.4, -0.2) is 8.42 Å². The van der Waals surface area contributed by atoms with Crippen LogP contribution < -0.4 is 4.72 Å². The third-order valence-corrected chi connectivity index (χ3v) is 4.68.